The summed E-state index contributed by atoms with van der Waals surface area (Å²) in [5.41, 5.74) is 0. The number of nitrogens with zero attached hydrogens (tertiary/aromatic N) is 2. The van der Waals surface area contributed by atoms with Crippen molar-refractivity contribution >= 4 is 6.41 Å². The molecule has 0 aromatic rings. The van der Waals surface area contributed by atoms with Gasteiger partial charge in [-0.05, 0) is 20.8 Å². The van der Waals surface area contributed by atoms with Crippen LogP contribution in [0, 0.1) is 0 Å². The fourth-order valence-electron chi connectivity index (χ4n) is 1.36. The molecule has 1 N–H and O–H groups in total. The summed E-state index contributed by atoms with van der Waals surface area (Å²) in [5, 5.41) is 7.57. The highest BCUT2D eigenvalue weighted by molar-refractivity contribution is 5.47. The van der Waals surface area contributed by atoms with Gasteiger partial charge in [0.15, 0.2) is 0 Å². The van der Waals surface area contributed by atoms with Crippen molar-refractivity contribution in [2.24, 2.45) is 0 Å². The molecule has 1 fully saturated rings. The van der Waals surface area contributed by atoms with Gasteiger partial charge in [-0.15, -0.1) is 0 Å². The topological polar surface area (TPSA) is 43.8 Å². The Morgan fingerprint density at radius 1 is 1.29 bits per heavy atom. The van der Waals surface area contributed by atoms with E-state index < -0.39 is 0 Å². The highest BCUT2D eigenvalue weighted by Crippen LogP contribution is 2.03. The summed E-state index contributed by atoms with van der Waals surface area (Å²) in [6.45, 7) is 10.1. The molecule has 1 saturated heterocycles. The lowest BCUT2D eigenvalue weighted by Gasteiger charge is -2.34. The fourth-order valence-corrected chi connectivity index (χ4v) is 1.36. The zero-order valence-electron chi connectivity index (χ0n) is 9.44. The number of hydrogen-bond acceptors (Lipinski definition) is 3. The average Bonchev–Trinajstić information content (AvgIpc) is 2.19. The van der Waals surface area contributed by atoms with Gasteiger partial charge >= 0.3 is 0 Å². The quantitative estimate of drug-likeness (QED) is 0.649. The summed E-state index contributed by atoms with van der Waals surface area (Å²) < 4.78 is 0. The predicted octanol–water partition coefficient (Wildman–Crippen LogP) is 0.167. The number of rotatable bonds is 2. The molecule has 0 saturated carbocycles. The Balaban J connectivity index is 0.000000500. The van der Waals surface area contributed by atoms with Crippen molar-refractivity contribution in [2.75, 3.05) is 32.8 Å². The Kier molecular flexibility index (Phi) is 7.42. The first kappa shape index (κ1) is 13.4. The molecule has 0 aromatic carbocycles. The normalized spacial score (nSPS) is 17.6. The van der Waals surface area contributed by atoms with Crippen molar-refractivity contribution in [1.82, 2.24) is 9.80 Å². The van der Waals surface area contributed by atoms with Gasteiger partial charge in [-0.3, -0.25) is 9.69 Å². The molecule has 4 nitrogen and oxygen atoms in total. The van der Waals surface area contributed by atoms with Crippen LogP contribution in [-0.4, -0.2) is 60.1 Å². The van der Waals surface area contributed by atoms with Gasteiger partial charge in [-0.25, -0.2) is 0 Å². The molecular weight excluding hydrogens is 180 g/mol. The lowest BCUT2D eigenvalue weighted by molar-refractivity contribution is -0.119. The second-order valence-electron chi connectivity index (χ2n) is 3.59. The Labute approximate surface area is 86.5 Å². The molecule has 1 amide bonds. The highest BCUT2D eigenvalue weighted by atomic mass is 16.2. The first-order valence-corrected chi connectivity index (χ1v) is 5.20. The maximum atomic E-state index is 10.3. The number of hydrogen-bond donors (Lipinski definition) is 1. The van der Waals surface area contributed by atoms with E-state index in [0.717, 1.165) is 32.6 Å². The van der Waals surface area contributed by atoms with Crippen LogP contribution in [0.25, 0.3) is 0 Å². The van der Waals surface area contributed by atoms with Crippen molar-refractivity contribution < 1.29 is 9.90 Å². The maximum Gasteiger partial charge on any atom is 0.209 e. The summed E-state index contributed by atoms with van der Waals surface area (Å²) in [5.74, 6) is 0. The van der Waals surface area contributed by atoms with Crippen molar-refractivity contribution in [2.45, 2.75) is 26.8 Å². The minimum Gasteiger partial charge on any atom is -0.397 e. The molecular formula is C10H22N2O2. The summed E-state index contributed by atoms with van der Waals surface area (Å²) in [6.07, 6.45) is 0.942. The van der Waals surface area contributed by atoms with Crippen LogP contribution in [0.3, 0.4) is 0 Å². The van der Waals surface area contributed by atoms with Crippen molar-refractivity contribution in [3.8, 4) is 0 Å². The van der Waals surface area contributed by atoms with E-state index in [9.17, 15) is 4.79 Å². The second kappa shape index (κ2) is 7.76. The van der Waals surface area contributed by atoms with Crippen molar-refractivity contribution in [3.63, 3.8) is 0 Å². The van der Waals surface area contributed by atoms with Crippen LogP contribution >= 0.6 is 0 Å². The third kappa shape index (κ3) is 5.19. The summed E-state index contributed by atoms with van der Waals surface area (Å²) >= 11 is 0. The molecule has 1 rings (SSSR count). The summed E-state index contributed by atoms with van der Waals surface area (Å²) in [6, 6.07) is 0.615. The minimum absolute atomic E-state index is 0.250. The van der Waals surface area contributed by atoms with Gasteiger partial charge in [0, 0.05) is 38.8 Å². The molecule has 0 atom stereocenters. The van der Waals surface area contributed by atoms with E-state index in [-0.39, 0.29) is 6.61 Å². The van der Waals surface area contributed by atoms with Crippen LogP contribution in [0.4, 0.5) is 0 Å². The van der Waals surface area contributed by atoms with E-state index in [1.165, 1.54) is 0 Å². The lowest BCUT2D eigenvalue weighted by Crippen LogP contribution is -2.48. The number of carbonyl (C=O) groups is 1. The highest BCUT2D eigenvalue weighted by Gasteiger charge is 2.16. The first-order chi connectivity index (χ1) is 6.65. The zero-order chi connectivity index (χ0) is 11.0. The third-order valence-corrected chi connectivity index (χ3v) is 2.23. The monoisotopic (exact) mass is 202 g/mol. The first-order valence-electron chi connectivity index (χ1n) is 5.20. The number of aliphatic hydroxyl groups excluding tert-OH is 1. The Morgan fingerprint density at radius 2 is 1.71 bits per heavy atom. The number of aliphatic hydroxyl groups is 1. The Bertz CT molecular complexity index is 143. The van der Waals surface area contributed by atoms with Crippen LogP contribution in [-0.2, 0) is 4.79 Å². The molecule has 0 aliphatic carbocycles. The molecule has 1 heterocycles. The molecule has 0 bridgehead atoms. The van der Waals surface area contributed by atoms with Gasteiger partial charge in [-0.2, -0.15) is 0 Å². The predicted molar refractivity (Wildman–Crippen MR) is 57.1 cm³/mol. The van der Waals surface area contributed by atoms with E-state index in [2.05, 4.69) is 18.7 Å². The van der Waals surface area contributed by atoms with E-state index in [1.807, 2.05) is 4.90 Å². The van der Waals surface area contributed by atoms with Crippen LogP contribution < -0.4 is 0 Å². The molecule has 0 unspecified atom stereocenters. The molecule has 0 spiro atoms. The molecule has 14 heavy (non-hydrogen) atoms. The molecule has 1 aliphatic rings. The Morgan fingerprint density at radius 3 is 2.00 bits per heavy atom. The largest absolute Gasteiger partial charge is 0.397 e. The minimum atomic E-state index is 0.250. The van der Waals surface area contributed by atoms with Gasteiger partial charge in [0.2, 0.25) is 6.41 Å². The molecule has 0 radical (unpaired) electrons. The van der Waals surface area contributed by atoms with Crippen LogP contribution in [0.2, 0.25) is 0 Å². The Hall–Kier alpha value is -0.610. The van der Waals surface area contributed by atoms with E-state index in [1.54, 1.807) is 6.92 Å². The van der Waals surface area contributed by atoms with Crippen LogP contribution in [0.15, 0.2) is 0 Å². The third-order valence-electron chi connectivity index (χ3n) is 2.23. The number of amides is 1. The smallest absolute Gasteiger partial charge is 0.209 e. The van der Waals surface area contributed by atoms with E-state index in [0.29, 0.717) is 6.04 Å². The van der Waals surface area contributed by atoms with E-state index >= 15 is 0 Å². The second-order valence-corrected chi connectivity index (χ2v) is 3.59. The van der Waals surface area contributed by atoms with Gasteiger partial charge in [0.05, 0.1) is 0 Å². The summed E-state index contributed by atoms with van der Waals surface area (Å²) in [4.78, 5) is 14.6. The standard InChI is InChI=1S/C8H16N2O.C2H6O/c1-8(2)10-5-3-9(7-11)4-6-10;1-2-3/h7-8H,3-6H2,1-2H3;3H,2H2,1H3. The van der Waals surface area contributed by atoms with Gasteiger partial charge in [0.25, 0.3) is 0 Å². The maximum absolute atomic E-state index is 10.3. The van der Waals surface area contributed by atoms with Crippen molar-refractivity contribution in [1.29, 1.82) is 0 Å². The fraction of sp³-hybridized carbons (Fsp3) is 0.900. The van der Waals surface area contributed by atoms with Crippen LogP contribution in [0.5, 0.6) is 0 Å². The van der Waals surface area contributed by atoms with Gasteiger partial charge in [0.1, 0.15) is 0 Å². The molecule has 1 aliphatic heterocycles. The molecule has 4 heteroatoms. The van der Waals surface area contributed by atoms with Gasteiger partial charge in [-0.1, -0.05) is 0 Å². The number of carbonyl (C=O) groups excluding carboxylic acids is 1. The number of piperazine rings is 1. The van der Waals surface area contributed by atoms with Gasteiger partial charge < -0.3 is 10.0 Å². The molecule has 84 valence electrons. The zero-order valence-corrected chi connectivity index (χ0v) is 9.44. The van der Waals surface area contributed by atoms with Crippen molar-refractivity contribution in [3.05, 3.63) is 0 Å². The van der Waals surface area contributed by atoms with Crippen LogP contribution in [0.1, 0.15) is 20.8 Å². The van der Waals surface area contributed by atoms with E-state index in [4.69, 9.17) is 5.11 Å². The average molecular weight is 202 g/mol. The molecule has 0 aromatic heterocycles. The SMILES string of the molecule is CC(C)N1CCN(C=O)CC1.CCO. The lowest BCUT2D eigenvalue weighted by atomic mass is 10.2. The summed E-state index contributed by atoms with van der Waals surface area (Å²) in [7, 11) is 0.